The van der Waals surface area contributed by atoms with Gasteiger partial charge in [-0.3, -0.25) is 0 Å². The quantitative estimate of drug-likeness (QED) is 0.173. The molecule has 1 heterocycles. The first-order valence-corrected chi connectivity index (χ1v) is 17.8. The molecule has 7 aromatic carbocycles. The Bertz CT molecular complexity index is 2600. The molecule has 0 unspecified atom stereocenters. The second-order valence-corrected chi connectivity index (χ2v) is 16.6. The van der Waals surface area contributed by atoms with Gasteiger partial charge in [-0.1, -0.05) is 117 Å². The SMILES string of the molecule is CC(C)c1cc2c3c(cc4c5ccc(C(C)(C)C)cc5n(-c5ccccc5)c42)c(C(C)C)cc2c4c(cc1c23)C(C)(C)c1ccccc1-4. The Balaban J connectivity index is 1.58. The molecule has 0 amide bonds. The topological polar surface area (TPSA) is 4.93 Å². The molecule has 0 saturated carbocycles. The van der Waals surface area contributed by atoms with Crippen molar-refractivity contribution in [3.8, 4) is 16.8 Å². The Hall–Kier alpha value is -4.62. The minimum atomic E-state index is -0.0552. The summed E-state index contributed by atoms with van der Waals surface area (Å²) in [6, 6.07) is 37.6. The number of aromatic nitrogens is 1. The summed E-state index contributed by atoms with van der Waals surface area (Å²) in [5, 5.41) is 11.1. The monoisotopic (exact) mass is 623 g/mol. The molecule has 0 radical (unpaired) electrons. The highest BCUT2D eigenvalue weighted by molar-refractivity contribution is 6.34. The Kier molecular flexibility index (Phi) is 5.98. The van der Waals surface area contributed by atoms with Gasteiger partial charge in [-0.25, -0.2) is 0 Å². The fourth-order valence-corrected chi connectivity index (χ4v) is 9.10. The molecular formula is C47H45N. The molecule has 8 aromatic rings. The van der Waals surface area contributed by atoms with Crippen LogP contribution in [0.15, 0.2) is 97.1 Å². The Morgan fingerprint density at radius 2 is 1.19 bits per heavy atom. The molecule has 0 aliphatic heterocycles. The van der Waals surface area contributed by atoms with E-state index in [1.165, 1.54) is 98.8 Å². The normalized spacial score (nSPS) is 14.5. The number of hydrogen-bond donors (Lipinski definition) is 0. The third-order valence-electron chi connectivity index (χ3n) is 11.6. The van der Waals surface area contributed by atoms with Crippen molar-refractivity contribution < 1.29 is 0 Å². The molecule has 1 nitrogen and oxygen atoms in total. The van der Waals surface area contributed by atoms with Crippen LogP contribution in [0.4, 0.5) is 0 Å². The highest BCUT2D eigenvalue weighted by atomic mass is 15.0. The van der Waals surface area contributed by atoms with Gasteiger partial charge < -0.3 is 4.57 Å². The second-order valence-electron chi connectivity index (χ2n) is 16.6. The molecule has 1 aliphatic carbocycles. The lowest BCUT2D eigenvalue weighted by Crippen LogP contribution is -2.15. The average Bonchev–Trinajstić information content (AvgIpc) is 3.51. The molecule has 0 bridgehead atoms. The highest BCUT2D eigenvalue weighted by Gasteiger charge is 2.38. The third-order valence-corrected chi connectivity index (χ3v) is 11.6. The molecule has 0 fully saturated rings. The Labute approximate surface area is 284 Å². The first-order chi connectivity index (χ1) is 22.9. The number of fused-ring (bicyclic) bond motifs is 8. The van der Waals surface area contributed by atoms with Gasteiger partial charge >= 0.3 is 0 Å². The molecule has 48 heavy (non-hydrogen) atoms. The number of benzene rings is 7. The van der Waals surface area contributed by atoms with Gasteiger partial charge in [0.05, 0.1) is 11.0 Å². The van der Waals surface area contributed by atoms with Crippen LogP contribution < -0.4 is 0 Å². The van der Waals surface area contributed by atoms with E-state index in [2.05, 4.69) is 164 Å². The van der Waals surface area contributed by atoms with Crippen molar-refractivity contribution in [2.45, 2.75) is 85.0 Å². The molecule has 1 aromatic heterocycles. The van der Waals surface area contributed by atoms with Crippen molar-refractivity contribution in [1.29, 1.82) is 0 Å². The molecule has 0 N–H and O–H groups in total. The summed E-state index contributed by atoms with van der Waals surface area (Å²) in [4.78, 5) is 0. The van der Waals surface area contributed by atoms with E-state index in [1.807, 2.05) is 0 Å². The number of hydrogen-bond acceptors (Lipinski definition) is 0. The van der Waals surface area contributed by atoms with E-state index in [-0.39, 0.29) is 10.8 Å². The smallest absolute Gasteiger partial charge is 0.0620 e. The van der Waals surface area contributed by atoms with Gasteiger partial charge in [0.2, 0.25) is 0 Å². The van der Waals surface area contributed by atoms with E-state index in [9.17, 15) is 0 Å². The minimum absolute atomic E-state index is 0.0518. The molecular weight excluding hydrogens is 579 g/mol. The minimum Gasteiger partial charge on any atom is -0.309 e. The van der Waals surface area contributed by atoms with Gasteiger partial charge in [0.25, 0.3) is 0 Å². The van der Waals surface area contributed by atoms with Crippen LogP contribution in [0, 0.1) is 0 Å². The highest BCUT2D eigenvalue weighted by Crippen LogP contribution is 2.56. The predicted molar refractivity (Wildman–Crippen MR) is 209 cm³/mol. The summed E-state index contributed by atoms with van der Waals surface area (Å²) in [6.07, 6.45) is 0. The van der Waals surface area contributed by atoms with E-state index in [0.29, 0.717) is 11.8 Å². The number of rotatable bonds is 3. The lowest BCUT2D eigenvalue weighted by atomic mass is 9.78. The summed E-state index contributed by atoms with van der Waals surface area (Å²) in [6.45, 7) is 21.3. The molecule has 9 rings (SSSR count). The van der Waals surface area contributed by atoms with Crippen LogP contribution in [0.2, 0.25) is 0 Å². The van der Waals surface area contributed by atoms with Gasteiger partial charge in [-0.15, -0.1) is 0 Å². The van der Waals surface area contributed by atoms with Crippen LogP contribution >= 0.6 is 0 Å². The van der Waals surface area contributed by atoms with Gasteiger partial charge in [0.15, 0.2) is 0 Å². The van der Waals surface area contributed by atoms with Gasteiger partial charge in [-0.2, -0.15) is 0 Å². The molecule has 0 atom stereocenters. The number of para-hydroxylation sites is 1. The molecule has 1 aliphatic rings. The maximum absolute atomic E-state index is 2.58. The average molecular weight is 624 g/mol. The zero-order valence-electron chi connectivity index (χ0n) is 29.8. The maximum atomic E-state index is 2.58. The van der Waals surface area contributed by atoms with Crippen molar-refractivity contribution in [2.24, 2.45) is 0 Å². The van der Waals surface area contributed by atoms with Crippen LogP contribution in [0.1, 0.15) is 102 Å². The first-order valence-electron chi connectivity index (χ1n) is 17.8. The molecule has 0 saturated heterocycles. The Morgan fingerprint density at radius 1 is 0.562 bits per heavy atom. The fourth-order valence-electron chi connectivity index (χ4n) is 9.10. The van der Waals surface area contributed by atoms with E-state index in [0.717, 1.165) is 0 Å². The largest absolute Gasteiger partial charge is 0.309 e. The second kappa shape index (κ2) is 9.73. The van der Waals surface area contributed by atoms with Crippen LogP contribution in [0.25, 0.3) is 70.9 Å². The summed E-state index contributed by atoms with van der Waals surface area (Å²) in [5.74, 6) is 0.762. The number of nitrogens with zero attached hydrogens (tertiary/aromatic N) is 1. The standard InChI is InChI=1S/C47H45N/c1-26(2)32-22-37-42-31-17-13-14-18-39(31)47(8,9)40(42)25-35-33(27(3)4)23-38-44(43(35)37)34(32)24-36-30-20-19-28(46(5,6)7)21-41(30)48(45(36)38)29-15-11-10-12-16-29/h10-27H,1-9H3. The van der Waals surface area contributed by atoms with E-state index in [1.54, 1.807) is 0 Å². The van der Waals surface area contributed by atoms with E-state index < -0.39 is 0 Å². The fraction of sp³-hybridized carbons (Fsp3) is 0.277. The Morgan fingerprint density at radius 3 is 1.88 bits per heavy atom. The summed E-state index contributed by atoms with van der Waals surface area (Å²) < 4.78 is 2.56. The molecule has 1 heteroatoms. The van der Waals surface area contributed by atoms with Crippen LogP contribution in [-0.4, -0.2) is 4.57 Å². The zero-order valence-corrected chi connectivity index (χ0v) is 29.8. The van der Waals surface area contributed by atoms with E-state index in [4.69, 9.17) is 0 Å². The van der Waals surface area contributed by atoms with E-state index >= 15 is 0 Å². The van der Waals surface area contributed by atoms with Crippen molar-refractivity contribution >= 4 is 54.1 Å². The third kappa shape index (κ3) is 3.79. The summed E-state index contributed by atoms with van der Waals surface area (Å²) in [7, 11) is 0. The lowest BCUT2D eigenvalue weighted by molar-refractivity contribution is 0.591. The van der Waals surface area contributed by atoms with Crippen molar-refractivity contribution in [2.75, 3.05) is 0 Å². The van der Waals surface area contributed by atoms with Gasteiger partial charge in [-0.05, 0) is 126 Å². The first kappa shape index (κ1) is 29.5. The van der Waals surface area contributed by atoms with Crippen molar-refractivity contribution in [1.82, 2.24) is 4.57 Å². The summed E-state index contributed by atoms with van der Waals surface area (Å²) >= 11 is 0. The van der Waals surface area contributed by atoms with Crippen LogP contribution in [0.5, 0.6) is 0 Å². The van der Waals surface area contributed by atoms with Gasteiger partial charge in [0.1, 0.15) is 0 Å². The summed E-state index contributed by atoms with van der Waals surface area (Å²) in [5.41, 5.74) is 13.8. The maximum Gasteiger partial charge on any atom is 0.0620 e. The lowest BCUT2D eigenvalue weighted by Gasteiger charge is -2.26. The molecule has 238 valence electrons. The van der Waals surface area contributed by atoms with Crippen LogP contribution in [0.3, 0.4) is 0 Å². The van der Waals surface area contributed by atoms with Crippen molar-refractivity contribution in [3.05, 3.63) is 125 Å². The molecule has 0 spiro atoms. The zero-order chi connectivity index (χ0) is 33.4. The predicted octanol–water partition coefficient (Wildman–Crippen LogP) is 13.5. The van der Waals surface area contributed by atoms with Gasteiger partial charge in [0, 0.05) is 27.3 Å². The van der Waals surface area contributed by atoms with Crippen LogP contribution in [-0.2, 0) is 10.8 Å². The van der Waals surface area contributed by atoms with Crippen molar-refractivity contribution in [3.63, 3.8) is 0 Å².